The summed E-state index contributed by atoms with van der Waals surface area (Å²) in [6.07, 6.45) is 3.01. The van der Waals surface area contributed by atoms with Crippen molar-refractivity contribution >= 4 is 17.1 Å². The van der Waals surface area contributed by atoms with Crippen LogP contribution in [0.3, 0.4) is 0 Å². The van der Waals surface area contributed by atoms with E-state index in [1.165, 1.54) is 30.6 Å². The van der Waals surface area contributed by atoms with E-state index in [2.05, 4.69) is 77.4 Å². The van der Waals surface area contributed by atoms with Crippen LogP contribution in [-0.2, 0) is 0 Å². The smallest absolute Gasteiger partial charge is 0.150 e. The molecule has 5 nitrogen and oxygen atoms in total. The number of aliphatic hydroxyl groups is 1. The Labute approximate surface area is 181 Å². The molecule has 2 aliphatic rings. The van der Waals surface area contributed by atoms with Gasteiger partial charge in [0.25, 0.3) is 0 Å². The SMILES string of the molecule is CC1CCN(c2ccc(C(O)Nc3ccc(N4CCC(N(C)C)C4)cc3)cc2)CC1. The first-order valence-corrected chi connectivity index (χ1v) is 11.3. The van der Waals surface area contributed by atoms with Crippen LogP contribution >= 0.6 is 0 Å². The van der Waals surface area contributed by atoms with E-state index < -0.39 is 6.23 Å². The van der Waals surface area contributed by atoms with Crippen LogP contribution in [0.5, 0.6) is 0 Å². The zero-order valence-corrected chi connectivity index (χ0v) is 18.6. The van der Waals surface area contributed by atoms with Gasteiger partial charge in [-0.3, -0.25) is 0 Å². The molecule has 162 valence electrons. The topological polar surface area (TPSA) is 42.0 Å². The minimum absolute atomic E-state index is 0.626. The molecule has 2 unspecified atom stereocenters. The van der Waals surface area contributed by atoms with Gasteiger partial charge in [0.15, 0.2) is 6.23 Å². The van der Waals surface area contributed by atoms with Gasteiger partial charge in [0.1, 0.15) is 0 Å². The van der Waals surface area contributed by atoms with E-state index in [9.17, 15) is 5.11 Å². The molecule has 2 aliphatic heterocycles. The molecule has 30 heavy (non-hydrogen) atoms. The number of hydrogen-bond donors (Lipinski definition) is 2. The van der Waals surface area contributed by atoms with Gasteiger partial charge in [-0.2, -0.15) is 0 Å². The van der Waals surface area contributed by atoms with Crippen molar-refractivity contribution < 1.29 is 5.11 Å². The number of nitrogens with one attached hydrogen (secondary N) is 1. The molecule has 0 saturated carbocycles. The van der Waals surface area contributed by atoms with Gasteiger partial charge in [0.2, 0.25) is 0 Å². The maximum Gasteiger partial charge on any atom is 0.150 e. The van der Waals surface area contributed by atoms with Crippen molar-refractivity contribution in [1.82, 2.24) is 4.90 Å². The summed E-state index contributed by atoms with van der Waals surface area (Å²) < 4.78 is 0. The van der Waals surface area contributed by atoms with Crippen molar-refractivity contribution in [2.75, 3.05) is 55.4 Å². The quantitative estimate of drug-likeness (QED) is 0.703. The molecule has 0 aromatic heterocycles. The first kappa shape index (κ1) is 21.0. The Bertz CT molecular complexity index is 797. The average molecular weight is 409 g/mol. The molecule has 2 fully saturated rings. The molecule has 5 heteroatoms. The van der Waals surface area contributed by atoms with Gasteiger partial charge in [0.05, 0.1) is 0 Å². The minimum Gasteiger partial charge on any atom is -0.372 e. The monoisotopic (exact) mass is 408 g/mol. The van der Waals surface area contributed by atoms with E-state index in [0.717, 1.165) is 43.3 Å². The van der Waals surface area contributed by atoms with Gasteiger partial charge in [-0.1, -0.05) is 19.1 Å². The summed E-state index contributed by atoms with van der Waals surface area (Å²) in [6.45, 7) is 6.76. The third-order valence-corrected chi connectivity index (χ3v) is 6.79. The summed E-state index contributed by atoms with van der Waals surface area (Å²) in [5.74, 6) is 0.831. The van der Waals surface area contributed by atoms with Gasteiger partial charge in [-0.15, -0.1) is 0 Å². The van der Waals surface area contributed by atoms with E-state index >= 15 is 0 Å². The summed E-state index contributed by atoms with van der Waals surface area (Å²) in [5.41, 5.74) is 4.33. The van der Waals surface area contributed by atoms with Crippen molar-refractivity contribution in [3.63, 3.8) is 0 Å². The summed E-state index contributed by atoms with van der Waals surface area (Å²) >= 11 is 0. The van der Waals surface area contributed by atoms with E-state index in [1.54, 1.807) is 0 Å². The highest BCUT2D eigenvalue weighted by atomic mass is 16.3. The fraction of sp³-hybridized carbons (Fsp3) is 0.520. The van der Waals surface area contributed by atoms with Crippen molar-refractivity contribution in [3.05, 3.63) is 54.1 Å². The van der Waals surface area contributed by atoms with Gasteiger partial charge < -0.3 is 25.1 Å². The molecule has 2 aromatic carbocycles. The molecule has 4 rings (SSSR count). The average Bonchev–Trinajstić information content (AvgIpc) is 3.26. The Morgan fingerprint density at radius 1 is 0.867 bits per heavy atom. The molecule has 0 amide bonds. The Morgan fingerprint density at radius 2 is 1.43 bits per heavy atom. The number of anilines is 3. The van der Waals surface area contributed by atoms with Crippen LogP contribution in [0.1, 0.15) is 38.0 Å². The predicted molar refractivity (Wildman–Crippen MR) is 126 cm³/mol. The maximum absolute atomic E-state index is 10.6. The number of aliphatic hydroxyl groups excluding tert-OH is 1. The van der Waals surface area contributed by atoms with E-state index in [4.69, 9.17) is 0 Å². The third-order valence-electron chi connectivity index (χ3n) is 6.79. The lowest BCUT2D eigenvalue weighted by Gasteiger charge is -2.32. The number of likely N-dealkylation sites (N-methyl/N-ethyl adjacent to an activating group) is 1. The van der Waals surface area contributed by atoms with Crippen LogP contribution in [0.4, 0.5) is 17.1 Å². The fourth-order valence-corrected chi connectivity index (χ4v) is 4.54. The highest BCUT2D eigenvalue weighted by Crippen LogP contribution is 2.27. The summed E-state index contributed by atoms with van der Waals surface area (Å²) in [6, 6.07) is 17.4. The van der Waals surface area contributed by atoms with Gasteiger partial charge >= 0.3 is 0 Å². The second-order valence-corrected chi connectivity index (χ2v) is 9.21. The Kier molecular flexibility index (Phi) is 6.49. The molecule has 0 bridgehead atoms. The van der Waals surface area contributed by atoms with E-state index in [1.807, 2.05) is 12.1 Å². The molecule has 0 radical (unpaired) electrons. The summed E-state index contributed by atoms with van der Waals surface area (Å²) in [7, 11) is 4.31. The fourth-order valence-electron chi connectivity index (χ4n) is 4.54. The van der Waals surface area contributed by atoms with Crippen molar-refractivity contribution in [1.29, 1.82) is 0 Å². The van der Waals surface area contributed by atoms with Gasteiger partial charge in [0, 0.05) is 54.8 Å². The van der Waals surface area contributed by atoms with Crippen LogP contribution in [0.2, 0.25) is 0 Å². The Balaban J connectivity index is 1.33. The van der Waals surface area contributed by atoms with Crippen molar-refractivity contribution in [2.45, 2.75) is 38.5 Å². The molecule has 2 N–H and O–H groups in total. The normalized spacial score (nSPS) is 21.3. The minimum atomic E-state index is -0.712. The van der Waals surface area contributed by atoms with Crippen molar-refractivity contribution in [3.8, 4) is 0 Å². The number of hydrogen-bond acceptors (Lipinski definition) is 5. The van der Waals surface area contributed by atoms with Crippen LogP contribution in [0, 0.1) is 5.92 Å². The van der Waals surface area contributed by atoms with Crippen LogP contribution in [-0.4, -0.2) is 56.3 Å². The predicted octanol–water partition coefficient (Wildman–Crippen LogP) is 4.17. The maximum atomic E-state index is 10.6. The molecule has 2 heterocycles. The largest absolute Gasteiger partial charge is 0.372 e. The molecule has 0 aliphatic carbocycles. The zero-order chi connectivity index (χ0) is 21.1. The number of benzene rings is 2. The van der Waals surface area contributed by atoms with Crippen LogP contribution < -0.4 is 15.1 Å². The molecule has 2 aromatic rings. The standard InChI is InChI=1S/C25H36N4O/c1-19-12-15-28(16-13-19)22-8-4-20(5-9-22)25(30)26-21-6-10-23(11-7-21)29-17-14-24(18-29)27(2)3/h4-11,19,24-26,30H,12-18H2,1-3H3. The first-order valence-electron chi connectivity index (χ1n) is 11.3. The highest BCUT2D eigenvalue weighted by molar-refractivity contribution is 5.56. The Morgan fingerprint density at radius 3 is 2.03 bits per heavy atom. The Hall–Kier alpha value is -2.24. The van der Waals surface area contributed by atoms with E-state index in [-0.39, 0.29) is 0 Å². The molecule has 0 spiro atoms. The molecular formula is C25H36N4O. The second-order valence-electron chi connectivity index (χ2n) is 9.21. The highest BCUT2D eigenvalue weighted by Gasteiger charge is 2.24. The third kappa shape index (κ3) is 4.90. The van der Waals surface area contributed by atoms with Gasteiger partial charge in [-0.25, -0.2) is 0 Å². The molecule has 2 saturated heterocycles. The second kappa shape index (κ2) is 9.27. The lowest BCUT2D eigenvalue weighted by molar-refractivity contribution is 0.208. The molecule has 2 atom stereocenters. The molecular weight excluding hydrogens is 372 g/mol. The van der Waals surface area contributed by atoms with Crippen LogP contribution in [0.25, 0.3) is 0 Å². The number of piperidine rings is 1. The van der Waals surface area contributed by atoms with Crippen molar-refractivity contribution in [2.24, 2.45) is 5.92 Å². The zero-order valence-electron chi connectivity index (χ0n) is 18.6. The lowest BCUT2D eigenvalue weighted by atomic mass is 9.98. The number of nitrogens with zero attached hydrogens (tertiary/aromatic N) is 3. The van der Waals surface area contributed by atoms with E-state index in [0.29, 0.717) is 6.04 Å². The summed E-state index contributed by atoms with van der Waals surface area (Å²) in [4.78, 5) is 7.19. The first-order chi connectivity index (χ1) is 14.5. The summed E-state index contributed by atoms with van der Waals surface area (Å²) in [5, 5.41) is 13.9. The van der Waals surface area contributed by atoms with Crippen LogP contribution in [0.15, 0.2) is 48.5 Å². The van der Waals surface area contributed by atoms with Gasteiger partial charge in [-0.05, 0) is 75.7 Å². The number of rotatable bonds is 6. The lowest BCUT2D eigenvalue weighted by Crippen LogP contribution is -2.32.